The van der Waals surface area contributed by atoms with Gasteiger partial charge in [-0.2, -0.15) is 0 Å². The maximum atomic E-state index is 12.5. The lowest BCUT2D eigenvalue weighted by Crippen LogP contribution is -2.41. The highest BCUT2D eigenvalue weighted by Crippen LogP contribution is 2.20. The summed E-state index contributed by atoms with van der Waals surface area (Å²) in [5.41, 5.74) is 0.733. The highest BCUT2D eigenvalue weighted by molar-refractivity contribution is 5.76. The van der Waals surface area contributed by atoms with E-state index in [2.05, 4.69) is 6.92 Å². The van der Waals surface area contributed by atoms with E-state index in [-0.39, 0.29) is 12.0 Å². The molecule has 3 rings (SSSR count). The Kier molecular flexibility index (Phi) is 7.33. The lowest BCUT2D eigenvalue weighted by atomic mass is 10.1. The molecule has 29 heavy (non-hydrogen) atoms. The second-order valence-corrected chi connectivity index (χ2v) is 7.41. The van der Waals surface area contributed by atoms with Gasteiger partial charge in [-0.1, -0.05) is 19.1 Å². The van der Waals surface area contributed by atoms with Crippen molar-refractivity contribution in [1.82, 2.24) is 4.90 Å². The molecular formula is C23H29NO5. The lowest BCUT2D eigenvalue weighted by molar-refractivity contribution is -0.132. The minimum atomic E-state index is -0.405. The molecule has 0 spiro atoms. The van der Waals surface area contributed by atoms with E-state index in [1.807, 2.05) is 29.2 Å². The van der Waals surface area contributed by atoms with Crippen molar-refractivity contribution < 1.29 is 18.7 Å². The molecule has 1 amide bonds. The first-order chi connectivity index (χ1) is 14.0. The number of piperidine rings is 1. The van der Waals surface area contributed by atoms with Crippen LogP contribution in [0.2, 0.25) is 0 Å². The fourth-order valence-electron chi connectivity index (χ4n) is 3.44. The molecule has 0 saturated carbocycles. The number of hydrogen-bond donors (Lipinski definition) is 0. The molecule has 0 aliphatic carbocycles. The zero-order valence-electron chi connectivity index (χ0n) is 17.2. The number of rotatable bonds is 8. The minimum Gasteiger partial charge on any atom is -0.494 e. The fourth-order valence-corrected chi connectivity index (χ4v) is 3.44. The first-order valence-corrected chi connectivity index (χ1v) is 10.3. The summed E-state index contributed by atoms with van der Waals surface area (Å²) in [6.45, 7) is 5.87. The van der Waals surface area contributed by atoms with Crippen LogP contribution < -0.4 is 15.1 Å². The highest BCUT2D eigenvalue weighted by atomic mass is 16.5. The summed E-state index contributed by atoms with van der Waals surface area (Å²) in [5.74, 6) is 2.11. The molecule has 156 valence electrons. The molecule has 1 saturated heterocycles. The van der Waals surface area contributed by atoms with E-state index in [4.69, 9.17) is 13.9 Å². The van der Waals surface area contributed by atoms with Crippen molar-refractivity contribution in [3.63, 3.8) is 0 Å². The zero-order valence-corrected chi connectivity index (χ0v) is 17.2. The molecule has 0 radical (unpaired) electrons. The van der Waals surface area contributed by atoms with Gasteiger partial charge in [-0.25, -0.2) is 4.79 Å². The van der Waals surface area contributed by atoms with Gasteiger partial charge >= 0.3 is 5.63 Å². The molecule has 1 aliphatic heterocycles. The maximum Gasteiger partial charge on any atom is 0.339 e. The van der Waals surface area contributed by atoms with Gasteiger partial charge in [0.15, 0.2) is 0 Å². The summed E-state index contributed by atoms with van der Waals surface area (Å²) in [6, 6.07) is 11.1. The smallest absolute Gasteiger partial charge is 0.339 e. The Morgan fingerprint density at radius 3 is 2.52 bits per heavy atom. The topological polar surface area (TPSA) is 69.0 Å². The van der Waals surface area contributed by atoms with Crippen molar-refractivity contribution in [2.24, 2.45) is 0 Å². The molecule has 0 unspecified atom stereocenters. The van der Waals surface area contributed by atoms with E-state index in [9.17, 15) is 9.59 Å². The van der Waals surface area contributed by atoms with Crippen LogP contribution in [0.3, 0.4) is 0 Å². The summed E-state index contributed by atoms with van der Waals surface area (Å²) >= 11 is 0. The Morgan fingerprint density at radius 2 is 1.86 bits per heavy atom. The average Bonchev–Trinajstić information content (AvgIpc) is 2.71. The van der Waals surface area contributed by atoms with Crippen LogP contribution in [0.1, 0.15) is 43.9 Å². The predicted molar refractivity (Wildman–Crippen MR) is 110 cm³/mol. The quantitative estimate of drug-likeness (QED) is 0.676. The minimum absolute atomic E-state index is 0.0101. The van der Waals surface area contributed by atoms with Crippen LogP contribution in [-0.4, -0.2) is 36.6 Å². The Balaban J connectivity index is 1.42. The number of aryl methyl sites for hydroxylation is 2. The first-order valence-electron chi connectivity index (χ1n) is 10.3. The van der Waals surface area contributed by atoms with Crippen molar-refractivity contribution in [2.75, 3.05) is 19.7 Å². The molecule has 1 fully saturated rings. The molecule has 6 nitrogen and oxygen atoms in total. The van der Waals surface area contributed by atoms with Crippen molar-refractivity contribution in [1.29, 1.82) is 0 Å². The molecule has 2 heterocycles. The van der Waals surface area contributed by atoms with Crippen molar-refractivity contribution in [3.8, 4) is 11.5 Å². The van der Waals surface area contributed by atoms with Crippen LogP contribution >= 0.6 is 0 Å². The number of benzene rings is 1. The monoisotopic (exact) mass is 399 g/mol. The molecule has 0 bridgehead atoms. The van der Waals surface area contributed by atoms with Crippen LogP contribution in [0.4, 0.5) is 0 Å². The van der Waals surface area contributed by atoms with Crippen LogP contribution in [0.5, 0.6) is 11.5 Å². The first kappa shape index (κ1) is 21.0. The van der Waals surface area contributed by atoms with Crippen molar-refractivity contribution in [2.45, 2.75) is 52.1 Å². The predicted octanol–water partition coefficient (Wildman–Crippen LogP) is 3.74. The van der Waals surface area contributed by atoms with E-state index in [1.54, 1.807) is 13.0 Å². The van der Waals surface area contributed by atoms with Gasteiger partial charge in [0.2, 0.25) is 5.91 Å². The van der Waals surface area contributed by atoms with E-state index in [0.717, 1.165) is 43.6 Å². The van der Waals surface area contributed by atoms with Gasteiger partial charge in [-0.3, -0.25) is 4.79 Å². The lowest BCUT2D eigenvalue weighted by Gasteiger charge is -2.32. The molecule has 6 heteroatoms. The van der Waals surface area contributed by atoms with Crippen molar-refractivity contribution in [3.05, 3.63) is 58.1 Å². The SMILES string of the molecule is CCCOc1ccc(CCC(=O)N2CCC(Oc3cc(C)oc(=O)c3)CC2)cc1. The number of carbonyl (C=O) groups excluding carboxylic acids is 1. The van der Waals surface area contributed by atoms with Crippen molar-refractivity contribution >= 4 is 5.91 Å². The van der Waals surface area contributed by atoms with Gasteiger partial charge in [0.25, 0.3) is 0 Å². The maximum absolute atomic E-state index is 12.5. The van der Waals surface area contributed by atoms with Gasteiger partial charge in [0, 0.05) is 38.4 Å². The normalized spacial score (nSPS) is 14.6. The Labute approximate surface area is 171 Å². The van der Waals surface area contributed by atoms with Crippen LogP contribution in [0.15, 0.2) is 45.6 Å². The number of carbonyl (C=O) groups is 1. The number of nitrogens with zero attached hydrogens (tertiary/aromatic N) is 1. The molecule has 0 N–H and O–H groups in total. The average molecular weight is 399 g/mol. The highest BCUT2D eigenvalue weighted by Gasteiger charge is 2.24. The van der Waals surface area contributed by atoms with Crippen LogP contribution in [0, 0.1) is 6.92 Å². The van der Waals surface area contributed by atoms with Gasteiger partial charge in [0.05, 0.1) is 12.7 Å². The fraction of sp³-hybridized carbons (Fsp3) is 0.478. The van der Waals surface area contributed by atoms with Crippen LogP contribution in [0.25, 0.3) is 0 Å². The van der Waals surface area contributed by atoms with Crippen LogP contribution in [-0.2, 0) is 11.2 Å². The molecule has 1 aromatic carbocycles. The van der Waals surface area contributed by atoms with Gasteiger partial charge < -0.3 is 18.8 Å². The largest absolute Gasteiger partial charge is 0.494 e. The van der Waals surface area contributed by atoms with Gasteiger partial charge in [0.1, 0.15) is 23.4 Å². The van der Waals surface area contributed by atoms with E-state index < -0.39 is 5.63 Å². The number of amides is 1. The van der Waals surface area contributed by atoms with Gasteiger partial charge in [-0.15, -0.1) is 0 Å². The van der Waals surface area contributed by atoms with E-state index in [0.29, 0.717) is 31.0 Å². The molecule has 1 aliphatic rings. The van der Waals surface area contributed by atoms with Gasteiger partial charge in [-0.05, 0) is 37.5 Å². The molecule has 2 aromatic rings. The second kappa shape index (κ2) is 10.1. The Bertz CT molecular complexity index is 850. The third-order valence-corrected chi connectivity index (χ3v) is 4.99. The third-order valence-electron chi connectivity index (χ3n) is 4.99. The Hall–Kier alpha value is -2.76. The number of hydrogen-bond acceptors (Lipinski definition) is 5. The summed E-state index contributed by atoms with van der Waals surface area (Å²) in [7, 11) is 0. The summed E-state index contributed by atoms with van der Waals surface area (Å²) in [6.07, 6.45) is 3.74. The number of ether oxygens (including phenoxy) is 2. The standard InChI is InChI=1S/C23H29NO5/c1-3-14-27-19-7-4-18(5-8-19)6-9-22(25)24-12-10-20(11-13-24)29-21-15-17(2)28-23(26)16-21/h4-5,7-8,15-16,20H,3,6,9-14H2,1-2H3. The molecular weight excluding hydrogens is 370 g/mol. The Morgan fingerprint density at radius 1 is 1.14 bits per heavy atom. The summed E-state index contributed by atoms with van der Waals surface area (Å²) in [4.78, 5) is 25.9. The molecule has 1 aromatic heterocycles. The third kappa shape index (κ3) is 6.38. The summed E-state index contributed by atoms with van der Waals surface area (Å²) < 4.78 is 16.4. The summed E-state index contributed by atoms with van der Waals surface area (Å²) in [5, 5.41) is 0. The van der Waals surface area contributed by atoms with E-state index >= 15 is 0 Å². The zero-order chi connectivity index (χ0) is 20.6. The van der Waals surface area contributed by atoms with E-state index in [1.165, 1.54) is 6.07 Å². The molecule has 0 atom stereocenters. The second-order valence-electron chi connectivity index (χ2n) is 7.41. The number of likely N-dealkylation sites (tertiary alicyclic amines) is 1.